The molecule has 0 saturated carbocycles. The molecule has 33 heavy (non-hydrogen) atoms. The molecule has 2 fully saturated rings. The largest absolute Gasteiger partial charge is 0.352 e. The van der Waals surface area contributed by atoms with Gasteiger partial charge in [0.05, 0.1) is 17.4 Å². The summed E-state index contributed by atoms with van der Waals surface area (Å²) in [6, 6.07) is 12.4. The molecule has 2 saturated heterocycles. The fourth-order valence-electron chi connectivity index (χ4n) is 6.46. The van der Waals surface area contributed by atoms with E-state index in [0.717, 1.165) is 44.2 Å². The van der Waals surface area contributed by atoms with Gasteiger partial charge < -0.3 is 10.2 Å². The smallest absolute Gasteiger partial charge is 0.138 e. The van der Waals surface area contributed by atoms with Gasteiger partial charge in [0.15, 0.2) is 0 Å². The van der Waals surface area contributed by atoms with Crippen LogP contribution in [0.1, 0.15) is 62.5 Å². The van der Waals surface area contributed by atoms with E-state index in [1.165, 1.54) is 48.5 Å². The lowest BCUT2D eigenvalue weighted by Gasteiger charge is -2.44. The number of hydrogen-bond acceptors (Lipinski definition) is 5. The zero-order chi connectivity index (χ0) is 22.4. The monoisotopic (exact) mass is 444 g/mol. The van der Waals surface area contributed by atoms with Crippen LogP contribution in [0.25, 0.3) is 5.65 Å². The van der Waals surface area contributed by atoms with Gasteiger partial charge in [-0.3, -0.25) is 14.3 Å². The van der Waals surface area contributed by atoms with E-state index in [-0.39, 0.29) is 0 Å². The van der Waals surface area contributed by atoms with E-state index in [9.17, 15) is 0 Å². The Morgan fingerprint density at radius 3 is 3.00 bits per heavy atom. The first kappa shape index (κ1) is 21.1. The minimum absolute atomic E-state index is 0.437. The summed E-state index contributed by atoms with van der Waals surface area (Å²) in [5, 5.41) is 3.65. The van der Waals surface area contributed by atoms with Gasteiger partial charge in [-0.2, -0.15) is 0 Å². The second-order valence-electron chi connectivity index (χ2n) is 10.3. The lowest BCUT2D eigenvalue weighted by Crippen LogP contribution is -2.55. The molecule has 1 aliphatic carbocycles. The SMILES string of the molecule is CC[C@@H]1CN[C@@H](C)CN1c1cccc2nc(CN3CCC[C@H]4CCc5cccnc5[C@H]43)cn12. The molecule has 6 heteroatoms. The number of nitrogens with one attached hydrogen (secondary N) is 1. The number of nitrogens with zero attached hydrogens (tertiary/aromatic N) is 5. The molecular weight excluding hydrogens is 408 g/mol. The summed E-state index contributed by atoms with van der Waals surface area (Å²) in [5.74, 6) is 1.99. The summed E-state index contributed by atoms with van der Waals surface area (Å²) in [6.07, 6.45) is 10.5. The molecule has 3 aromatic rings. The van der Waals surface area contributed by atoms with Crippen LogP contribution in [0, 0.1) is 5.92 Å². The van der Waals surface area contributed by atoms with Crippen molar-refractivity contribution in [2.45, 2.75) is 70.6 Å². The molecule has 0 bridgehead atoms. The van der Waals surface area contributed by atoms with Gasteiger partial charge in [-0.05, 0) is 75.3 Å². The standard InChI is InChI=1S/C27H36N6/c1-3-23-15-29-19(2)16-32(23)25-10-4-9-24-30-22(18-33(24)25)17-31-14-6-8-21-12-11-20-7-5-13-28-26(20)27(21)31/h4-5,7,9-10,13,18-19,21,23,27,29H,3,6,8,11-12,14-17H2,1-2H3/t19-,21-,23+,27-/m0/s1. The van der Waals surface area contributed by atoms with Crippen molar-refractivity contribution in [2.75, 3.05) is 24.5 Å². The Labute approximate surface area is 197 Å². The van der Waals surface area contributed by atoms with Gasteiger partial charge in [0.2, 0.25) is 0 Å². The van der Waals surface area contributed by atoms with Gasteiger partial charge >= 0.3 is 0 Å². The minimum atomic E-state index is 0.437. The quantitative estimate of drug-likeness (QED) is 0.653. The zero-order valence-electron chi connectivity index (χ0n) is 20.0. The minimum Gasteiger partial charge on any atom is -0.352 e. The van der Waals surface area contributed by atoms with Crippen molar-refractivity contribution < 1.29 is 0 Å². The molecule has 6 rings (SSSR count). The molecule has 2 aliphatic heterocycles. The fraction of sp³-hybridized carbons (Fsp3) is 0.556. The van der Waals surface area contributed by atoms with Crippen molar-refractivity contribution in [1.29, 1.82) is 0 Å². The summed E-state index contributed by atoms with van der Waals surface area (Å²) in [7, 11) is 0. The van der Waals surface area contributed by atoms with E-state index in [0.29, 0.717) is 18.1 Å². The number of fused-ring (bicyclic) bond motifs is 4. The second kappa shape index (κ2) is 8.73. The van der Waals surface area contributed by atoms with E-state index >= 15 is 0 Å². The first-order chi connectivity index (χ1) is 16.2. The lowest BCUT2D eigenvalue weighted by atomic mass is 9.77. The van der Waals surface area contributed by atoms with Crippen molar-refractivity contribution in [3.63, 3.8) is 0 Å². The maximum atomic E-state index is 5.08. The van der Waals surface area contributed by atoms with Crippen LogP contribution in [0.15, 0.2) is 42.7 Å². The Bertz CT molecular complexity index is 1120. The van der Waals surface area contributed by atoms with Gasteiger partial charge in [0.1, 0.15) is 11.5 Å². The Morgan fingerprint density at radius 2 is 2.09 bits per heavy atom. The van der Waals surface area contributed by atoms with Crippen LogP contribution in [-0.4, -0.2) is 51.0 Å². The average Bonchev–Trinajstić information content (AvgIpc) is 3.26. The number of aromatic nitrogens is 3. The topological polar surface area (TPSA) is 48.7 Å². The number of rotatable bonds is 4. The number of piperidine rings is 1. The van der Waals surface area contributed by atoms with E-state index in [1.54, 1.807) is 0 Å². The molecule has 0 radical (unpaired) electrons. The molecule has 3 aromatic heterocycles. The highest BCUT2D eigenvalue weighted by Crippen LogP contribution is 2.43. The Balaban J connectivity index is 1.31. The zero-order valence-corrected chi connectivity index (χ0v) is 20.0. The highest BCUT2D eigenvalue weighted by Gasteiger charge is 2.37. The van der Waals surface area contributed by atoms with E-state index in [2.05, 4.69) is 69.9 Å². The highest BCUT2D eigenvalue weighted by molar-refractivity contribution is 5.53. The normalized spacial score (nSPS) is 28.0. The highest BCUT2D eigenvalue weighted by atomic mass is 15.3. The lowest BCUT2D eigenvalue weighted by molar-refractivity contribution is 0.0687. The second-order valence-corrected chi connectivity index (χ2v) is 10.3. The summed E-state index contributed by atoms with van der Waals surface area (Å²) in [5.41, 5.74) is 4.99. The molecular formula is C27H36N6. The third-order valence-electron chi connectivity index (χ3n) is 8.12. The molecule has 0 unspecified atom stereocenters. The molecule has 1 N–H and O–H groups in total. The molecule has 0 amide bonds. The number of likely N-dealkylation sites (tertiary alicyclic amines) is 1. The van der Waals surface area contributed by atoms with Gasteiger partial charge in [-0.25, -0.2) is 4.98 Å². The van der Waals surface area contributed by atoms with E-state index in [4.69, 9.17) is 9.97 Å². The van der Waals surface area contributed by atoms with Crippen LogP contribution < -0.4 is 10.2 Å². The number of imidazole rings is 1. The predicted molar refractivity (Wildman–Crippen MR) is 133 cm³/mol. The Hall–Kier alpha value is -2.44. The molecule has 0 spiro atoms. The number of pyridine rings is 2. The molecule has 4 atom stereocenters. The van der Waals surface area contributed by atoms with Crippen LogP contribution in [0.4, 0.5) is 5.82 Å². The Morgan fingerprint density at radius 1 is 1.15 bits per heavy atom. The number of hydrogen-bond donors (Lipinski definition) is 1. The summed E-state index contributed by atoms with van der Waals surface area (Å²) < 4.78 is 2.32. The van der Waals surface area contributed by atoms with Gasteiger partial charge in [0, 0.05) is 44.1 Å². The van der Waals surface area contributed by atoms with E-state index < -0.39 is 0 Å². The van der Waals surface area contributed by atoms with Crippen molar-refractivity contribution >= 4 is 11.5 Å². The van der Waals surface area contributed by atoms with Gasteiger partial charge in [0.25, 0.3) is 0 Å². The molecule has 0 aromatic carbocycles. The van der Waals surface area contributed by atoms with Crippen molar-refractivity contribution in [2.24, 2.45) is 5.92 Å². The van der Waals surface area contributed by atoms with Crippen LogP contribution >= 0.6 is 0 Å². The van der Waals surface area contributed by atoms with Crippen LogP contribution in [0.5, 0.6) is 0 Å². The first-order valence-corrected chi connectivity index (χ1v) is 12.9. The molecule has 5 heterocycles. The summed E-state index contributed by atoms with van der Waals surface area (Å²) in [4.78, 5) is 15.2. The third kappa shape index (κ3) is 3.83. The number of anilines is 1. The van der Waals surface area contributed by atoms with Crippen LogP contribution in [-0.2, 0) is 13.0 Å². The van der Waals surface area contributed by atoms with E-state index in [1.807, 2.05) is 6.20 Å². The average molecular weight is 445 g/mol. The first-order valence-electron chi connectivity index (χ1n) is 12.9. The molecule has 3 aliphatic rings. The maximum Gasteiger partial charge on any atom is 0.138 e. The van der Waals surface area contributed by atoms with Crippen molar-refractivity contribution in [1.82, 2.24) is 24.6 Å². The maximum absolute atomic E-state index is 5.08. The predicted octanol–water partition coefficient (Wildman–Crippen LogP) is 4.21. The number of aryl methyl sites for hydroxylation is 1. The Kier molecular flexibility index (Phi) is 5.59. The number of piperazine rings is 1. The third-order valence-corrected chi connectivity index (χ3v) is 8.12. The summed E-state index contributed by atoms with van der Waals surface area (Å²) >= 11 is 0. The van der Waals surface area contributed by atoms with Crippen LogP contribution in [0.2, 0.25) is 0 Å². The van der Waals surface area contributed by atoms with Crippen LogP contribution in [0.3, 0.4) is 0 Å². The fourth-order valence-corrected chi connectivity index (χ4v) is 6.46. The van der Waals surface area contributed by atoms with Crippen molar-refractivity contribution in [3.05, 3.63) is 59.7 Å². The molecule has 174 valence electrons. The van der Waals surface area contributed by atoms with Crippen molar-refractivity contribution in [3.8, 4) is 0 Å². The summed E-state index contributed by atoms with van der Waals surface area (Å²) in [6.45, 7) is 8.67. The van der Waals surface area contributed by atoms with Gasteiger partial charge in [-0.1, -0.05) is 19.1 Å². The molecule has 6 nitrogen and oxygen atoms in total. The van der Waals surface area contributed by atoms with Gasteiger partial charge in [-0.15, -0.1) is 0 Å².